The van der Waals surface area contributed by atoms with Crippen molar-refractivity contribution in [1.82, 2.24) is 10.2 Å². The fraction of sp³-hybridized carbons (Fsp3) is 0.238. The third-order valence-corrected chi connectivity index (χ3v) is 5.10. The Bertz CT molecular complexity index is 845. The van der Waals surface area contributed by atoms with Gasteiger partial charge in [-0.05, 0) is 42.7 Å². The Morgan fingerprint density at radius 3 is 2.44 bits per heavy atom. The Hall–Kier alpha value is -2.30. The van der Waals surface area contributed by atoms with Gasteiger partial charge in [0.25, 0.3) is 5.91 Å². The lowest BCUT2D eigenvalue weighted by Gasteiger charge is -2.31. The first-order valence-corrected chi connectivity index (χ1v) is 9.56. The van der Waals surface area contributed by atoms with Crippen molar-refractivity contribution < 1.29 is 9.59 Å². The van der Waals surface area contributed by atoms with Crippen LogP contribution in [0.5, 0.6) is 0 Å². The molecule has 4 nitrogen and oxygen atoms in total. The van der Waals surface area contributed by atoms with Crippen molar-refractivity contribution in [1.29, 1.82) is 0 Å². The molecule has 0 aliphatic carbocycles. The van der Waals surface area contributed by atoms with Gasteiger partial charge in [0, 0.05) is 30.2 Å². The first-order valence-electron chi connectivity index (χ1n) is 8.81. The number of hydrogen-bond donors (Lipinski definition) is 1. The number of hydrogen-bond acceptors (Lipinski definition) is 2. The number of carbonyl (C=O) groups is 2. The van der Waals surface area contributed by atoms with Crippen molar-refractivity contribution in [3.63, 3.8) is 0 Å². The standard InChI is InChI=1S/C21H20Cl2N2O2/c22-16-7-8-19(23)18(14-16)21(27)24-17-10-12-25(13-11-17)20(26)9-6-15-4-2-1-3-5-15/h1-9,14,17H,10-13H2,(H,24,27)/b9-6+. The molecule has 0 bridgehead atoms. The number of nitrogens with zero attached hydrogens (tertiary/aromatic N) is 1. The zero-order chi connectivity index (χ0) is 19.2. The van der Waals surface area contributed by atoms with Crippen molar-refractivity contribution in [3.8, 4) is 0 Å². The second-order valence-electron chi connectivity index (χ2n) is 6.44. The average Bonchev–Trinajstić information content (AvgIpc) is 2.69. The number of carbonyl (C=O) groups excluding carboxylic acids is 2. The van der Waals surface area contributed by atoms with E-state index in [1.165, 1.54) is 0 Å². The first kappa shape index (κ1) is 19.5. The molecule has 0 atom stereocenters. The third-order valence-electron chi connectivity index (χ3n) is 4.53. The molecular weight excluding hydrogens is 383 g/mol. The predicted octanol–water partition coefficient (Wildman–Crippen LogP) is 4.43. The topological polar surface area (TPSA) is 49.4 Å². The zero-order valence-electron chi connectivity index (χ0n) is 14.7. The van der Waals surface area contributed by atoms with Crippen LogP contribution in [0.4, 0.5) is 0 Å². The van der Waals surface area contributed by atoms with Gasteiger partial charge in [-0.2, -0.15) is 0 Å². The SMILES string of the molecule is O=C(NC1CCN(C(=O)/C=C/c2ccccc2)CC1)c1cc(Cl)ccc1Cl. The fourth-order valence-electron chi connectivity index (χ4n) is 3.02. The van der Waals surface area contributed by atoms with E-state index in [1.807, 2.05) is 36.4 Å². The van der Waals surface area contributed by atoms with Gasteiger partial charge in [0.2, 0.25) is 5.91 Å². The third kappa shape index (κ3) is 5.34. The summed E-state index contributed by atoms with van der Waals surface area (Å²) in [6.45, 7) is 1.21. The van der Waals surface area contributed by atoms with Crippen molar-refractivity contribution in [3.05, 3.63) is 75.8 Å². The summed E-state index contributed by atoms with van der Waals surface area (Å²) in [7, 11) is 0. The van der Waals surface area contributed by atoms with E-state index in [0.29, 0.717) is 41.5 Å². The molecule has 0 unspecified atom stereocenters. The molecule has 0 saturated carbocycles. The highest BCUT2D eigenvalue weighted by Gasteiger charge is 2.23. The van der Waals surface area contributed by atoms with Crippen molar-refractivity contribution in [2.75, 3.05) is 13.1 Å². The highest BCUT2D eigenvalue weighted by Crippen LogP contribution is 2.21. The van der Waals surface area contributed by atoms with Crippen LogP contribution in [0.3, 0.4) is 0 Å². The molecule has 0 radical (unpaired) electrons. The molecule has 1 heterocycles. The summed E-state index contributed by atoms with van der Waals surface area (Å²) in [6.07, 6.45) is 4.82. The van der Waals surface area contributed by atoms with Crippen LogP contribution in [-0.2, 0) is 4.79 Å². The maximum Gasteiger partial charge on any atom is 0.253 e. The monoisotopic (exact) mass is 402 g/mol. The molecule has 1 fully saturated rings. The molecule has 1 saturated heterocycles. The van der Waals surface area contributed by atoms with E-state index in [9.17, 15) is 9.59 Å². The minimum absolute atomic E-state index is 0.00898. The number of nitrogens with one attached hydrogen (secondary N) is 1. The molecule has 0 spiro atoms. The van der Waals surface area contributed by atoms with E-state index in [2.05, 4.69) is 5.32 Å². The van der Waals surface area contributed by atoms with Gasteiger partial charge in [-0.25, -0.2) is 0 Å². The van der Waals surface area contributed by atoms with Gasteiger partial charge < -0.3 is 10.2 Å². The lowest BCUT2D eigenvalue weighted by molar-refractivity contribution is -0.126. The number of piperidine rings is 1. The van der Waals surface area contributed by atoms with Crippen molar-refractivity contribution in [2.24, 2.45) is 0 Å². The second kappa shape index (κ2) is 9.07. The molecule has 140 valence electrons. The van der Waals surface area contributed by atoms with Crippen LogP contribution in [-0.4, -0.2) is 35.8 Å². The van der Waals surface area contributed by atoms with Crippen molar-refractivity contribution in [2.45, 2.75) is 18.9 Å². The highest BCUT2D eigenvalue weighted by atomic mass is 35.5. The van der Waals surface area contributed by atoms with Gasteiger partial charge in [-0.1, -0.05) is 53.5 Å². The highest BCUT2D eigenvalue weighted by molar-refractivity contribution is 6.35. The zero-order valence-corrected chi connectivity index (χ0v) is 16.2. The maximum absolute atomic E-state index is 12.4. The lowest BCUT2D eigenvalue weighted by Crippen LogP contribution is -2.46. The number of likely N-dealkylation sites (tertiary alicyclic amines) is 1. The van der Waals surface area contributed by atoms with E-state index in [4.69, 9.17) is 23.2 Å². The fourth-order valence-corrected chi connectivity index (χ4v) is 3.39. The molecule has 2 amide bonds. The smallest absolute Gasteiger partial charge is 0.253 e. The van der Waals surface area contributed by atoms with Crippen LogP contribution >= 0.6 is 23.2 Å². The summed E-state index contributed by atoms with van der Waals surface area (Å²) < 4.78 is 0. The Morgan fingerprint density at radius 1 is 1.04 bits per heavy atom. The van der Waals surface area contributed by atoms with Crippen molar-refractivity contribution >= 4 is 41.1 Å². The Morgan fingerprint density at radius 2 is 1.74 bits per heavy atom. The summed E-state index contributed by atoms with van der Waals surface area (Å²) in [5, 5.41) is 3.82. The molecule has 3 rings (SSSR count). The van der Waals surface area contributed by atoms with Gasteiger partial charge in [-0.3, -0.25) is 9.59 Å². The van der Waals surface area contributed by atoms with E-state index >= 15 is 0 Å². The van der Waals surface area contributed by atoms with E-state index < -0.39 is 0 Å². The molecule has 1 N–H and O–H groups in total. The van der Waals surface area contributed by atoms with Gasteiger partial charge in [-0.15, -0.1) is 0 Å². The summed E-state index contributed by atoms with van der Waals surface area (Å²) in [5.41, 5.74) is 1.36. The Kier molecular flexibility index (Phi) is 6.54. The minimum Gasteiger partial charge on any atom is -0.349 e. The molecule has 6 heteroatoms. The van der Waals surface area contributed by atoms with Crippen LogP contribution in [0.25, 0.3) is 6.08 Å². The quantitative estimate of drug-likeness (QED) is 0.768. The first-order chi connectivity index (χ1) is 13.0. The predicted molar refractivity (Wildman–Crippen MR) is 109 cm³/mol. The molecule has 1 aliphatic rings. The summed E-state index contributed by atoms with van der Waals surface area (Å²) in [4.78, 5) is 26.5. The normalized spacial score (nSPS) is 15.1. The largest absolute Gasteiger partial charge is 0.349 e. The number of amides is 2. The lowest BCUT2D eigenvalue weighted by atomic mass is 10.0. The van der Waals surface area contributed by atoms with Crippen LogP contribution in [0.1, 0.15) is 28.8 Å². The van der Waals surface area contributed by atoms with Crippen LogP contribution in [0.2, 0.25) is 10.0 Å². The molecule has 2 aromatic rings. The molecule has 1 aliphatic heterocycles. The minimum atomic E-state index is -0.240. The molecule has 27 heavy (non-hydrogen) atoms. The number of halogens is 2. The van der Waals surface area contributed by atoms with Gasteiger partial charge in [0.15, 0.2) is 0 Å². The average molecular weight is 403 g/mol. The van der Waals surface area contributed by atoms with Crippen LogP contribution < -0.4 is 5.32 Å². The number of benzene rings is 2. The Labute approximate surface area is 168 Å². The molecule has 0 aromatic heterocycles. The Balaban J connectivity index is 1.51. The van der Waals surface area contributed by atoms with Crippen LogP contribution in [0, 0.1) is 0 Å². The summed E-state index contributed by atoms with van der Waals surface area (Å²) >= 11 is 12.0. The van der Waals surface area contributed by atoms with Crippen LogP contribution in [0.15, 0.2) is 54.6 Å². The molecular formula is C21H20Cl2N2O2. The molecule has 2 aromatic carbocycles. The second-order valence-corrected chi connectivity index (χ2v) is 7.28. The van der Waals surface area contributed by atoms with E-state index in [1.54, 1.807) is 29.2 Å². The van der Waals surface area contributed by atoms with E-state index in [0.717, 1.165) is 5.56 Å². The van der Waals surface area contributed by atoms with E-state index in [-0.39, 0.29) is 17.9 Å². The van der Waals surface area contributed by atoms with Gasteiger partial charge >= 0.3 is 0 Å². The number of rotatable bonds is 4. The summed E-state index contributed by atoms with van der Waals surface area (Å²) in [6, 6.07) is 14.5. The summed E-state index contributed by atoms with van der Waals surface area (Å²) in [5.74, 6) is -0.252. The maximum atomic E-state index is 12.4. The van der Waals surface area contributed by atoms with Gasteiger partial charge in [0.1, 0.15) is 0 Å². The van der Waals surface area contributed by atoms with Gasteiger partial charge in [0.05, 0.1) is 10.6 Å².